The molecule has 3 atom stereocenters. The molecule has 2 fully saturated rings. The van der Waals surface area contributed by atoms with Gasteiger partial charge in [0, 0.05) is 35.8 Å². The molecule has 0 radical (unpaired) electrons. The zero-order chi connectivity index (χ0) is 14.3. The summed E-state index contributed by atoms with van der Waals surface area (Å²) in [6.45, 7) is 3.86. The van der Waals surface area contributed by atoms with E-state index in [2.05, 4.69) is 41.0 Å². The third kappa shape index (κ3) is 4.46. The van der Waals surface area contributed by atoms with E-state index in [1.807, 2.05) is 11.8 Å². The Morgan fingerprint density at radius 2 is 2.14 bits per heavy atom. The summed E-state index contributed by atoms with van der Waals surface area (Å²) >= 11 is 1.94. The average Bonchev–Trinajstić information content (AvgIpc) is 3.02. The van der Waals surface area contributed by atoms with Gasteiger partial charge in [0.2, 0.25) is 0 Å². The fourth-order valence-corrected chi connectivity index (χ4v) is 4.32. The molecule has 1 saturated heterocycles. The lowest BCUT2D eigenvalue weighted by Gasteiger charge is -2.33. The fraction of sp³-hybridized carbons (Fsp3) is 0.647. The molecule has 1 aliphatic heterocycles. The van der Waals surface area contributed by atoms with Crippen LogP contribution in [-0.2, 0) is 4.74 Å². The van der Waals surface area contributed by atoms with Gasteiger partial charge in [-0.1, -0.05) is 24.6 Å². The zero-order valence-electron chi connectivity index (χ0n) is 12.6. The van der Waals surface area contributed by atoms with Crippen LogP contribution in [-0.4, -0.2) is 44.1 Å². The first-order chi connectivity index (χ1) is 10.4. The summed E-state index contributed by atoms with van der Waals surface area (Å²) in [5, 5.41) is 7.42. The minimum absolute atomic E-state index is 0.556. The first kappa shape index (κ1) is 15.3. The van der Waals surface area contributed by atoms with E-state index >= 15 is 0 Å². The number of nitrogens with one attached hydrogen (secondary N) is 2. The van der Waals surface area contributed by atoms with E-state index in [4.69, 9.17) is 4.74 Å². The molecular weight excluding hydrogens is 280 g/mol. The van der Waals surface area contributed by atoms with Crippen LogP contribution in [0.5, 0.6) is 0 Å². The van der Waals surface area contributed by atoms with Gasteiger partial charge < -0.3 is 15.4 Å². The zero-order valence-corrected chi connectivity index (χ0v) is 13.4. The SMILES string of the molecule is c1ccc(SCCNC2CCCC2C2COCCN2)cc1. The first-order valence-electron chi connectivity index (χ1n) is 8.16. The average molecular weight is 306 g/mol. The largest absolute Gasteiger partial charge is 0.379 e. The van der Waals surface area contributed by atoms with Gasteiger partial charge in [-0.2, -0.15) is 0 Å². The van der Waals surface area contributed by atoms with Gasteiger partial charge in [0.05, 0.1) is 13.2 Å². The van der Waals surface area contributed by atoms with Crippen molar-refractivity contribution in [3.05, 3.63) is 30.3 Å². The fourth-order valence-electron chi connectivity index (χ4n) is 3.51. The van der Waals surface area contributed by atoms with Crippen molar-refractivity contribution in [1.29, 1.82) is 0 Å². The Morgan fingerprint density at radius 1 is 1.24 bits per heavy atom. The molecule has 3 nitrogen and oxygen atoms in total. The van der Waals surface area contributed by atoms with E-state index in [0.717, 1.165) is 38.0 Å². The number of morpholine rings is 1. The highest BCUT2D eigenvalue weighted by molar-refractivity contribution is 7.99. The molecule has 2 aliphatic rings. The smallest absolute Gasteiger partial charge is 0.0623 e. The molecule has 1 saturated carbocycles. The van der Waals surface area contributed by atoms with Crippen LogP contribution in [0.3, 0.4) is 0 Å². The highest BCUT2D eigenvalue weighted by Crippen LogP contribution is 2.29. The highest BCUT2D eigenvalue weighted by Gasteiger charge is 2.34. The van der Waals surface area contributed by atoms with E-state index in [0.29, 0.717) is 12.1 Å². The third-order valence-corrected chi connectivity index (χ3v) is 5.57. The molecule has 3 rings (SSSR count). The molecule has 0 spiro atoms. The van der Waals surface area contributed by atoms with E-state index in [1.54, 1.807) is 0 Å². The van der Waals surface area contributed by atoms with Crippen molar-refractivity contribution in [3.63, 3.8) is 0 Å². The van der Waals surface area contributed by atoms with Crippen LogP contribution in [0.1, 0.15) is 19.3 Å². The molecule has 2 N–H and O–H groups in total. The summed E-state index contributed by atoms with van der Waals surface area (Å²) in [5.74, 6) is 1.88. The lowest BCUT2D eigenvalue weighted by Crippen LogP contribution is -2.51. The molecule has 1 aliphatic carbocycles. The maximum Gasteiger partial charge on any atom is 0.0623 e. The van der Waals surface area contributed by atoms with Crippen LogP contribution in [0.4, 0.5) is 0 Å². The van der Waals surface area contributed by atoms with Gasteiger partial charge in [-0.25, -0.2) is 0 Å². The maximum absolute atomic E-state index is 5.63. The van der Waals surface area contributed by atoms with Crippen molar-refractivity contribution in [1.82, 2.24) is 10.6 Å². The highest BCUT2D eigenvalue weighted by atomic mass is 32.2. The molecule has 1 heterocycles. The van der Waals surface area contributed by atoms with Crippen molar-refractivity contribution in [3.8, 4) is 0 Å². The summed E-state index contributed by atoms with van der Waals surface area (Å²) in [5.41, 5.74) is 0. The minimum atomic E-state index is 0.556. The second-order valence-electron chi connectivity index (χ2n) is 5.95. The van der Waals surface area contributed by atoms with Crippen molar-refractivity contribution < 1.29 is 4.74 Å². The van der Waals surface area contributed by atoms with Crippen LogP contribution in [0, 0.1) is 5.92 Å². The molecule has 1 aromatic carbocycles. The van der Waals surface area contributed by atoms with E-state index in [1.165, 1.54) is 24.2 Å². The van der Waals surface area contributed by atoms with Crippen LogP contribution >= 0.6 is 11.8 Å². The Morgan fingerprint density at radius 3 is 2.95 bits per heavy atom. The molecule has 4 heteroatoms. The lowest BCUT2D eigenvalue weighted by molar-refractivity contribution is 0.0527. The Kier molecular flexibility index (Phi) is 5.98. The standard InChI is InChI=1S/C17H26N2OS/c1-2-5-14(6-3-1)21-12-10-19-16-8-4-7-15(16)17-13-20-11-9-18-17/h1-3,5-6,15-19H,4,7-13H2. The monoisotopic (exact) mass is 306 g/mol. The maximum atomic E-state index is 5.63. The summed E-state index contributed by atoms with van der Waals surface area (Å²) in [4.78, 5) is 1.37. The molecule has 21 heavy (non-hydrogen) atoms. The molecule has 116 valence electrons. The Labute approximate surface area is 132 Å². The van der Waals surface area contributed by atoms with Gasteiger partial charge >= 0.3 is 0 Å². The van der Waals surface area contributed by atoms with Crippen molar-refractivity contribution in [2.75, 3.05) is 32.1 Å². The second-order valence-corrected chi connectivity index (χ2v) is 7.12. The van der Waals surface area contributed by atoms with Crippen molar-refractivity contribution >= 4 is 11.8 Å². The Hall–Kier alpha value is -0.550. The first-order valence-corrected chi connectivity index (χ1v) is 9.14. The second kappa shape index (κ2) is 8.18. The van der Waals surface area contributed by atoms with Crippen LogP contribution < -0.4 is 10.6 Å². The number of benzene rings is 1. The number of thioether (sulfide) groups is 1. The molecule has 0 bridgehead atoms. The summed E-state index contributed by atoms with van der Waals surface area (Å²) in [7, 11) is 0. The van der Waals surface area contributed by atoms with Crippen molar-refractivity contribution in [2.24, 2.45) is 5.92 Å². The third-order valence-electron chi connectivity index (χ3n) is 4.56. The van der Waals surface area contributed by atoms with E-state index in [9.17, 15) is 0 Å². The van der Waals surface area contributed by atoms with Gasteiger partial charge in [0.15, 0.2) is 0 Å². The van der Waals surface area contributed by atoms with Crippen LogP contribution in [0.15, 0.2) is 35.2 Å². The normalized spacial score (nSPS) is 29.6. The van der Waals surface area contributed by atoms with Gasteiger partial charge in [-0.05, 0) is 30.9 Å². The summed E-state index contributed by atoms with van der Waals surface area (Å²) in [6.07, 6.45) is 4.01. The number of rotatable bonds is 6. The molecular formula is C17H26N2OS. The topological polar surface area (TPSA) is 33.3 Å². The van der Waals surface area contributed by atoms with Gasteiger partial charge in [0.25, 0.3) is 0 Å². The Bertz CT molecular complexity index is 409. The molecule has 3 unspecified atom stereocenters. The van der Waals surface area contributed by atoms with Crippen LogP contribution in [0.25, 0.3) is 0 Å². The number of ether oxygens (including phenoxy) is 1. The molecule has 0 amide bonds. The van der Waals surface area contributed by atoms with Gasteiger partial charge in [-0.3, -0.25) is 0 Å². The quantitative estimate of drug-likeness (QED) is 0.625. The minimum Gasteiger partial charge on any atom is -0.379 e. The summed E-state index contributed by atoms with van der Waals surface area (Å²) < 4.78 is 5.63. The van der Waals surface area contributed by atoms with Gasteiger partial charge in [0.1, 0.15) is 0 Å². The number of hydrogen-bond acceptors (Lipinski definition) is 4. The van der Waals surface area contributed by atoms with Crippen molar-refractivity contribution in [2.45, 2.75) is 36.2 Å². The van der Waals surface area contributed by atoms with E-state index in [-0.39, 0.29) is 0 Å². The predicted octanol–water partition coefficient (Wildman–Crippen LogP) is 2.53. The van der Waals surface area contributed by atoms with E-state index < -0.39 is 0 Å². The summed E-state index contributed by atoms with van der Waals surface area (Å²) in [6, 6.07) is 11.9. The Balaban J connectivity index is 1.39. The van der Waals surface area contributed by atoms with Gasteiger partial charge in [-0.15, -0.1) is 11.8 Å². The molecule has 1 aromatic rings. The lowest BCUT2D eigenvalue weighted by atomic mass is 9.94. The van der Waals surface area contributed by atoms with Crippen LogP contribution in [0.2, 0.25) is 0 Å². The predicted molar refractivity (Wildman–Crippen MR) is 88.9 cm³/mol. The molecule has 0 aromatic heterocycles. The number of hydrogen-bond donors (Lipinski definition) is 2.